The quantitative estimate of drug-likeness (QED) is 0.635. The highest BCUT2D eigenvalue weighted by molar-refractivity contribution is 5.35. The van der Waals surface area contributed by atoms with Crippen molar-refractivity contribution >= 4 is 11.9 Å². The van der Waals surface area contributed by atoms with Crippen molar-refractivity contribution in [2.24, 2.45) is 0 Å². The van der Waals surface area contributed by atoms with Crippen LogP contribution in [-0.4, -0.2) is 46.4 Å². The van der Waals surface area contributed by atoms with Crippen molar-refractivity contribution in [3.63, 3.8) is 0 Å². The first-order valence-electron chi connectivity index (χ1n) is 5.11. The molecule has 0 saturated carbocycles. The van der Waals surface area contributed by atoms with Gasteiger partial charge in [-0.25, -0.2) is 0 Å². The highest BCUT2D eigenvalue weighted by atomic mass is 16.5. The van der Waals surface area contributed by atoms with Crippen LogP contribution in [0, 0.1) is 0 Å². The molecule has 0 amide bonds. The molecule has 0 aliphatic heterocycles. The van der Waals surface area contributed by atoms with Crippen LogP contribution in [0.1, 0.15) is 13.8 Å². The van der Waals surface area contributed by atoms with Gasteiger partial charge in [0.05, 0.1) is 13.2 Å². The Bertz CT molecular complexity index is 332. The normalized spacial score (nSPS) is 12.0. The fraction of sp³-hybridized carbons (Fsp3) is 0.667. The molecule has 0 fully saturated rings. The van der Waals surface area contributed by atoms with Crippen LogP contribution in [0.25, 0.3) is 0 Å². The number of hydrogen-bond acceptors (Lipinski definition) is 7. The minimum Gasteiger partial charge on any atom is -0.467 e. The number of hydrogen-bond donors (Lipinski definition) is 3. The van der Waals surface area contributed by atoms with Crippen molar-refractivity contribution in [1.29, 1.82) is 0 Å². The topological polar surface area (TPSA) is 92.2 Å². The van der Waals surface area contributed by atoms with Gasteiger partial charge in [0.2, 0.25) is 11.9 Å². The van der Waals surface area contributed by atoms with Crippen molar-refractivity contribution in [2.45, 2.75) is 20.0 Å². The highest BCUT2D eigenvalue weighted by Crippen LogP contribution is 2.10. The SMILES string of the molecule is CCNc1nc(NCC(C)O)nc(OC)n1. The maximum absolute atomic E-state index is 9.13. The lowest BCUT2D eigenvalue weighted by molar-refractivity contribution is 0.208. The first kappa shape index (κ1) is 12.4. The summed E-state index contributed by atoms with van der Waals surface area (Å²) in [7, 11) is 1.49. The first-order chi connectivity index (χ1) is 7.65. The van der Waals surface area contributed by atoms with E-state index in [1.807, 2.05) is 6.92 Å². The maximum Gasteiger partial charge on any atom is 0.322 e. The predicted molar refractivity (Wildman–Crippen MR) is 60.7 cm³/mol. The molecule has 16 heavy (non-hydrogen) atoms. The van der Waals surface area contributed by atoms with E-state index in [1.165, 1.54) is 7.11 Å². The summed E-state index contributed by atoms with van der Waals surface area (Å²) in [5, 5.41) is 15.0. The Kier molecular flexibility index (Phi) is 4.71. The summed E-state index contributed by atoms with van der Waals surface area (Å²) in [6.45, 7) is 4.71. The third kappa shape index (κ3) is 3.85. The lowest BCUT2D eigenvalue weighted by Crippen LogP contribution is -2.18. The van der Waals surface area contributed by atoms with Crippen molar-refractivity contribution in [3.05, 3.63) is 0 Å². The number of ether oxygens (including phenoxy) is 1. The van der Waals surface area contributed by atoms with E-state index in [4.69, 9.17) is 9.84 Å². The first-order valence-corrected chi connectivity index (χ1v) is 5.11. The molecular formula is C9H17N5O2. The molecular weight excluding hydrogens is 210 g/mol. The fourth-order valence-electron chi connectivity index (χ4n) is 1.00. The van der Waals surface area contributed by atoms with Crippen LogP contribution >= 0.6 is 0 Å². The number of rotatable bonds is 6. The minimum absolute atomic E-state index is 0.235. The molecule has 0 bridgehead atoms. The number of nitrogens with zero attached hydrogens (tertiary/aromatic N) is 3. The molecule has 0 aliphatic rings. The molecule has 1 unspecified atom stereocenters. The summed E-state index contributed by atoms with van der Waals surface area (Å²) in [5.74, 6) is 0.825. The second-order valence-electron chi connectivity index (χ2n) is 3.23. The minimum atomic E-state index is -0.467. The molecule has 90 valence electrons. The molecule has 1 aromatic rings. The number of nitrogens with one attached hydrogen (secondary N) is 2. The van der Waals surface area contributed by atoms with Crippen molar-refractivity contribution in [2.75, 3.05) is 30.8 Å². The van der Waals surface area contributed by atoms with Crippen molar-refractivity contribution in [3.8, 4) is 6.01 Å². The van der Waals surface area contributed by atoms with E-state index in [0.717, 1.165) is 0 Å². The zero-order chi connectivity index (χ0) is 12.0. The Morgan fingerprint density at radius 1 is 1.25 bits per heavy atom. The van der Waals surface area contributed by atoms with Crippen LogP contribution in [0.15, 0.2) is 0 Å². The van der Waals surface area contributed by atoms with Gasteiger partial charge in [-0.05, 0) is 13.8 Å². The Labute approximate surface area is 94.3 Å². The number of aliphatic hydroxyl groups is 1. The summed E-state index contributed by atoms with van der Waals surface area (Å²) >= 11 is 0. The number of anilines is 2. The van der Waals surface area contributed by atoms with Crippen LogP contribution in [0.2, 0.25) is 0 Å². The van der Waals surface area contributed by atoms with Gasteiger partial charge in [0.25, 0.3) is 0 Å². The van der Waals surface area contributed by atoms with E-state index >= 15 is 0 Å². The van der Waals surface area contributed by atoms with E-state index in [2.05, 4.69) is 25.6 Å². The van der Waals surface area contributed by atoms with E-state index in [0.29, 0.717) is 25.0 Å². The second-order valence-corrected chi connectivity index (χ2v) is 3.23. The lowest BCUT2D eigenvalue weighted by atomic mass is 10.4. The lowest BCUT2D eigenvalue weighted by Gasteiger charge is -2.09. The molecule has 7 nitrogen and oxygen atoms in total. The van der Waals surface area contributed by atoms with Crippen LogP contribution in [-0.2, 0) is 0 Å². The van der Waals surface area contributed by atoms with Crippen molar-refractivity contribution < 1.29 is 9.84 Å². The smallest absolute Gasteiger partial charge is 0.322 e. The Morgan fingerprint density at radius 2 is 1.88 bits per heavy atom. The Balaban J connectivity index is 2.77. The maximum atomic E-state index is 9.13. The second kappa shape index (κ2) is 6.06. The molecule has 0 saturated heterocycles. The molecule has 0 spiro atoms. The predicted octanol–water partition coefficient (Wildman–Crippen LogP) is 0.105. The molecule has 0 aliphatic carbocycles. The molecule has 0 aromatic carbocycles. The summed E-state index contributed by atoms with van der Waals surface area (Å²) in [4.78, 5) is 12.1. The zero-order valence-corrected chi connectivity index (χ0v) is 9.69. The van der Waals surface area contributed by atoms with E-state index in [1.54, 1.807) is 6.92 Å². The van der Waals surface area contributed by atoms with E-state index in [-0.39, 0.29) is 6.01 Å². The van der Waals surface area contributed by atoms with Crippen LogP contribution < -0.4 is 15.4 Å². The standard InChI is InChI=1S/C9H17N5O2/c1-4-10-7-12-8(11-5-6(2)15)14-9(13-7)16-3/h6,15H,4-5H2,1-3H3,(H2,10,11,12,13,14). The molecule has 7 heteroatoms. The summed E-state index contributed by atoms with van der Waals surface area (Å²) in [6, 6.07) is 0.235. The van der Waals surface area contributed by atoms with Gasteiger partial charge in [0, 0.05) is 13.1 Å². The van der Waals surface area contributed by atoms with Crippen LogP contribution in [0.3, 0.4) is 0 Å². The zero-order valence-electron chi connectivity index (χ0n) is 9.69. The molecule has 0 radical (unpaired) electrons. The van der Waals surface area contributed by atoms with Gasteiger partial charge in [-0.15, -0.1) is 0 Å². The number of methoxy groups -OCH3 is 1. The molecule has 1 rings (SSSR count). The highest BCUT2D eigenvalue weighted by Gasteiger charge is 2.06. The number of aromatic nitrogens is 3. The largest absolute Gasteiger partial charge is 0.467 e. The van der Waals surface area contributed by atoms with Crippen LogP contribution in [0.5, 0.6) is 6.01 Å². The van der Waals surface area contributed by atoms with E-state index < -0.39 is 6.10 Å². The Hall–Kier alpha value is -1.63. The summed E-state index contributed by atoms with van der Waals surface area (Å²) in [6.07, 6.45) is -0.467. The van der Waals surface area contributed by atoms with Crippen LogP contribution in [0.4, 0.5) is 11.9 Å². The van der Waals surface area contributed by atoms with Gasteiger partial charge in [-0.1, -0.05) is 0 Å². The monoisotopic (exact) mass is 227 g/mol. The summed E-state index contributed by atoms with van der Waals surface area (Å²) < 4.78 is 4.94. The van der Waals surface area contributed by atoms with Gasteiger partial charge < -0.3 is 20.5 Å². The van der Waals surface area contributed by atoms with Gasteiger partial charge in [-0.3, -0.25) is 0 Å². The van der Waals surface area contributed by atoms with Gasteiger partial charge >= 0.3 is 6.01 Å². The van der Waals surface area contributed by atoms with Gasteiger partial charge in [-0.2, -0.15) is 15.0 Å². The average molecular weight is 227 g/mol. The fourth-order valence-corrected chi connectivity index (χ4v) is 1.00. The molecule has 3 N–H and O–H groups in total. The van der Waals surface area contributed by atoms with Gasteiger partial charge in [0.1, 0.15) is 0 Å². The third-order valence-electron chi connectivity index (χ3n) is 1.69. The third-order valence-corrected chi connectivity index (χ3v) is 1.69. The molecule has 1 heterocycles. The summed E-state index contributed by atoms with van der Waals surface area (Å²) in [5.41, 5.74) is 0. The van der Waals surface area contributed by atoms with Crippen molar-refractivity contribution in [1.82, 2.24) is 15.0 Å². The average Bonchev–Trinajstić information content (AvgIpc) is 2.26. The van der Waals surface area contributed by atoms with Gasteiger partial charge in [0.15, 0.2) is 0 Å². The number of aliphatic hydroxyl groups excluding tert-OH is 1. The Morgan fingerprint density at radius 3 is 2.38 bits per heavy atom. The molecule has 1 aromatic heterocycles. The molecule has 1 atom stereocenters. The van der Waals surface area contributed by atoms with E-state index in [9.17, 15) is 0 Å².